The van der Waals surface area contributed by atoms with Crippen LogP contribution in [-0.2, 0) is 0 Å². The van der Waals surface area contributed by atoms with E-state index in [0.717, 1.165) is 0 Å². The summed E-state index contributed by atoms with van der Waals surface area (Å²) in [5.41, 5.74) is 0. The summed E-state index contributed by atoms with van der Waals surface area (Å²) in [7, 11) is 0. The molecule has 0 heteroatoms. The maximum absolute atomic E-state index is 2.34. The topological polar surface area (TPSA) is 0 Å². The second-order valence-electron chi connectivity index (χ2n) is 3.16. The van der Waals surface area contributed by atoms with Crippen LogP contribution in [0.25, 0.3) is 0 Å². The standard InChI is InChI=1S/C11H18/c1-2-4-6-8-10-11-9-7-5-3-1/h1-2,9,11H,3-8,10H2/b2-1-,11-9-. The fourth-order valence-electron chi connectivity index (χ4n) is 1.35. The summed E-state index contributed by atoms with van der Waals surface area (Å²) in [4.78, 5) is 0. The van der Waals surface area contributed by atoms with Gasteiger partial charge in [0.15, 0.2) is 0 Å². The van der Waals surface area contributed by atoms with Crippen LogP contribution in [0.2, 0.25) is 0 Å². The number of hydrogen-bond acceptors (Lipinski definition) is 0. The molecule has 0 spiro atoms. The Morgan fingerprint density at radius 2 is 0.818 bits per heavy atom. The summed E-state index contributed by atoms with van der Waals surface area (Å²) >= 11 is 0. The van der Waals surface area contributed by atoms with E-state index >= 15 is 0 Å². The molecule has 1 aliphatic carbocycles. The van der Waals surface area contributed by atoms with Gasteiger partial charge in [0.05, 0.1) is 0 Å². The van der Waals surface area contributed by atoms with E-state index in [9.17, 15) is 0 Å². The molecule has 0 unspecified atom stereocenters. The Kier molecular flexibility index (Phi) is 4.84. The number of hydrogen-bond donors (Lipinski definition) is 0. The first-order valence-electron chi connectivity index (χ1n) is 4.80. The highest BCUT2D eigenvalue weighted by molar-refractivity contribution is 4.87. The quantitative estimate of drug-likeness (QED) is 0.460. The molecule has 11 heavy (non-hydrogen) atoms. The lowest BCUT2D eigenvalue weighted by molar-refractivity contribution is 0.761. The minimum atomic E-state index is 1.27. The van der Waals surface area contributed by atoms with Gasteiger partial charge in [0.25, 0.3) is 0 Å². The molecule has 0 bridgehead atoms. The van der Waals surface area contributed by atoms with Crippen LogP contribution in [0.5, 0.6) is 0 Å². The van der Waals surface area contributed by atoms with Crippen molar-refractivity contribution in [3.8, 4) is 0 Å². The third kappa shape index (κ3) is 4.83. The van der Waals surface area contributed by atoms with Crippen LogP contribution >= 0.6 is 0 Å². The molecule has 0 amide bonds. The normalized spacial score (nSPS) is 26.9. The van der Waals surface area contributed by atoms with E-state index in [2.05, 4.69) is 24.3 Å². The zero-order valence-electron chi connectivity index (χ0n) is 7.26. The summed E-state index contributed by atoms with van der Waals surface area (Å²) in [6, 6.07) is 0. The van der Waals surface area contributed by atoms with Crippen LogP contribution in [0, 0.1) is 0 Å². The first-order chi connectivity index (χ1) is 5.50. The molecule has 0 aromatic heterocycles. The van der Waals surface area contributed by atoms with Gasteiger partial charge < -0.3 is 0 Å². The molecule has 0 nitrogen and oxygen atoms in total. The van der Waals surface area contributed by atoms with Crippen molar-refractivity contribution in [2.45, 2.75) is 44.9 Å². The molecule has 1 aliphatic rings. The van der Waals surface area contributed by atoms with E-state index < -0.39 is 0 Å². The molecule has 1 rings (SSSR count). The lowest BCUT2D eigenvalue weighted by Crippen LogP contribution is -1.71. The van der Waals surface area contributed by atoms with Crippen LogP contribution in [0.1, 0.15) is 44.9 Å². The van der Waals surface area contributed by atoms with Gasteiger partial charge in [-0.05, 0) is 44.9 Å². The van der Waals surface area contributed by atoms with Crippen molar-refractivity contribution < 1.29 is 0 Å². The zero-order chi connectivity index (χ0) is 7.78. The largest absolute Gasteiger partial charge is 0.0885 e. The van der Waals surface area contributed by atoms with Gasteiger partial charge in [-0.3, -0.25) is 0 Å². The van der Waals surface area contributed by atoms with Gasteiger partial charge in [0.2, 0.25) is 0 Å². The van der Waals surface area contributed by atoms with E-state index in [1.165, 1.54) is 44.9 Å². The van der Waals surface area contributed by atoms with E-state index in [0.29, 0.717) is 0 Å². The summed E-state index contributed by atoms with van der Waals surface area (Å²) in [5.74, 6) is 0. The lowest BCUT2D eigenvalue weighted by atomic mass is 10.2. The molecule has 0 N–H and O–H groups in total. The average Bonchev–Trinajstić information content (AvgIpc) is 2.08. The van der Waals surface area contributed by atoms with Crippen molar-refractivity contribution in [1.82, 2.24) is 0 Å². The fourth-order valence-corrected chi connectivity index (χ4v) is 1.35. The Morgan fingerprint density at radius 1 is 0.455 bits per heavy atom. The van der Waals surface area contributed by atoms with Crippen molar-refractivity contribution in [3.05, 3.63) is 24.3 Å². The molecule has 0 heterocycles. The molecular weight excluding hydrogens is 132 g/mol. The lowest BCUT2D eigenvalue weighted by Gasteiger charge is -1.90. The Labute approximate surface area is 70.0 Å². The second-order valence-corrected chi connectivity index (χ2v) is 3.16. The Balaban J connectivity index is 2.22. The highest BCUT2D eigenvalue weighted by Gasteiger charge is 1.86. The van der Waals surface area contributed by atoms with Gasteiger partial charge in [-0.15, -0.1) is 0 Å². The van der Waals surface area contributed by atoms with Crippen LogP contribution < -0.4 is 0 Å². The zero-order valence-corrected chi connectivity index (χ0v) is 7.26. The van der Waals surface area contributed by atoms with Crippen LogP contribution in [0.4, 0.5) is 0 Å². The minimum absolute atomic E-state index is 1.27. The van der Waals surface area contributed by atoms with Crippen LogP contribution in [0.15, 0.2) is 24.3 Å². The van der Waals surface area contributed by atoms with Crippen molar-refractivity contribution in [3.63, 3.8) is 0 Å². The van der Waals surface area contributed by atoms with E-state index in [4.69, 9.17) is 0 Å². The van der Waals surface area contributed by atoms with Crippen molar-refractivity contribution in [2.24, 2.45) is 0 Å². The van der Waals surface area contributed by atoms with Crippen molar-refractivity contribution >= 4 is 0 Å². The molecule has 0 fully saturated rings. The van der Waals surface area contributed by atoms with Gasteiger partial charge in [-0.25, -0.2) is 0 Å². The van der Waals surface area contributed by atoms with Crippen LogP contribution in [-0.4, -0.2) is 0 Å². The second kappa shape index (κ2) is 6.21. The van der Waals surface area contributed by atoms with E-state index in [1.54, 1.807) is 0 Å². The van der Waals surface area contributed by atoms with Crippen LogP contribution in [0.3, 0.4) is 0 Å². The van der Waals surface area contributed by atoms with Gasteiger partial charge in [0.1, 0.15) is 0 Å². The molecule has 0 saturated heterocycles. The summed E-state index contributed by atoms with van der Waals surface area (Å²) in [5, 5.41) is 0. The Morgan fingerprint density at radius 3 is 1.27 bits per heavy atom. The molecule has 0 saturated carbocycles. The Hall–Kier alpha value is -0.520. The number of rotatable bonds is 0. The fraction of sp³-hybridized carbons (Fsp3) is 0.636. The maximum atomic E-state index is 2.34. The Bertz CT molecular complexity index is 115. The summed E-state index contributed by atoms with van der Waals surface area (Å²) < 4.78 is 0. The van der Waals surface area contributed by atoms with Gasteiger partial charge in [-0.1, -0.05) is 24.3 Å². The first-order valence-corrected chi connectivity index (χ1v) is 4.80. The maximum Gasteiger partial charge on any atom is -0.0348 e. The third-order valence-corrected chi connectivity index (χ3v) is 2.07. The average molecular weight is 150 g/mol. The third-order valence-electron chi connectivity index (χ3n) is 2.07. The predicted octanol–water partition coefficient (Wildman–Crippen LogP) is 3.84. The summed E-state index contributed by atoms with van der Waals surface area (Å²) in [6.07, 6.45) is 18.5. The van der Waals surface area contributed by atoms with E-state index in [1.807, 2.05) is 0 Å². The molecule has 0 atom stereocenters. The van der Waals surface area contributed by atoms with Crippen molar-refractivity contribution in [1.29, 1.82) is 0 Å². The smallest absolute Gasteiger partial charge is 0.0348 e. The van der Waals surface area contributed by atoms with Crippen molar-refractivity contribution in [2.75, 3.05) is 0 Å². The molecule has 0 aliphatic heterocycles. The highest BCUT2D eigenvalue weighted by Crippen LogP contribution is 2.06. The molecular formula is C11H18. The minimum Gasteiger partial charge on any atom is -0.0885 e. The molecule has 0 aromatic rings. The predicted molar refractivity (Wildman–Crippen MR) is 50.6 cm³/mol. The first kappa shape index (κ1) is 8.58. The monoisotopic (exact) mass is 150 g/mol. The summed E-state index contributed by atoms with van der Waals surface area (Å²) in [6.45, 7) is 0. The molecule has 0 aromatic carbocycles. The molecule has 0 radical (unpaired) electrons. The number of allylic oxidation sites excluding steroid dienone is 4. The van der Waals surface area contributed by atoms with Gasteiger partial charge in [0, 0.05) is 0 Å². The van der Waals surface area contributed by atoms with E-state index in [-0.39, 0.29) is 0 Å². The SMILES string of the molecule is C1=C\CCCC/C=C\CCC/1. The molecule has 62 valence electrons. The highest BCUT2D eigenvalue weighted by atomic mass is 13.9. The van der Waals surface area contributed by atoms with Gasteiger partial charge in [-0.2, -0.15) is 0 Å². The van der Waals surface area contributed by atoms with Gasteiger partial charge >= 0.3 is 0 Å².